The molecule has 3 heterocycles. The summed E-state index contributed by atoms with van der Waals surface area (Å²) in [5.41, 5.74) is 2.36. The number of benzene rings is 1. The third-order valence-electron chi connectivity index (χ3n) is 7.22. The molecular weight excluding hydrogens is 522 g/mol. The first-order valence-electron chi connectivity index (χ1n) is 14.3. The number of hydrogen-bond donors (Lipinski definition) is 0. The van der Waals surface area contributed by atoms with Crippen LogP contribution in [0.25, 0.3) is 17.3 Å². The summed E-state index contributed by atoms with van der Waals surface area (Å²) < 4.78 is 7.61. The van der Waals surface area contributed by atoms with E-state index in [0.717, 1.165) is 29.4 Å². The second-order valence-corrected chi connectivity index (χ2v) is 13.3. The van der Waals surface area contributed by atoms with Crippen molar-refractivity contribution in [1.82, 2.24) is 24.6 Å². The molecular formula is C31H43N5O3S. The number of piperazine rings is 1. The fourth-order valence-electron chi connectivity index (χ4n) is 5.49. The first kappa shape index (κ1) is 29.9. The van der Waals surface area contributed by atoms with Crippen LogP contribution in [0.4, 0.5) is 0 Å². The average Bonchev–Trinajstić information content (AvgIpc) is 3.56. The van der Waals surface area contributed by atoms with Gasteiger partial charge in [0, 0.05) is 50.0 Å². The number of aryl methyl sites for hydroxylation is 1. The monoisotopic (exact) mass is 565 g/mol. The van der Waals surface area contributed by atoms with Gasteiger partial charge >= 0.3 is 0 Å². The van der Waals surface area contributed by atoms with Crippen molar-refractivity contribution in [2.24, 2.45) is 11.3 Å². The molecule has 0 saturated carbocycles. The molecule has 1 aromatic carbocycles. The molecule has 1 aliphatic rings. The molecule has 2 amide bonds. The highest BCUT2D eigenvalue weighted by Gasteiger charge is 2.30. The first-order valence-corrected chi connectivity index (χ1v) is 15.3. The van der Waals surface area contributed by atoms with Gasteiger partial charge in [-0.1, -0.05) is 57.2 Å². The highest BCUT2D eigenvalue weighted by Crippen LogP contribution is 2.29. The van der Waals surface area contributed by atoms with E-state index >= 15 is 0 Å². The number of amides is 2. The Morgan fingerprint density at radius 1 is 1.10 bits per heavy atom. The lowest BCUT2D eigenvalue weighted by atomic mass is 9.84. The summed E-state index contributed by atoms with van der Waals surface area (Å²) in [7, 11) is 0. The molecule has 2 atom stereocenters. The summed E-state index contributed by atoms with van der Waals surface area (Å²) in [6.07, 6.45) is 4.43. The van der Waals surface area contributed by atoms with Gasteiger partial charge in [0.25, 0.3) is 0 Å². The second-order valence-electron chi connectivity index (χ2n) is 12.3. The number of carbonyl (C=O) groups is 2. The van der Waals surface area contributed by atoms with Crippen molar-refractivity contribution in [2.45, 2.75) is 78.4 Å². The Labute approximate surface area is 242 Å². The van der Waals surface area contributed by atoms with Gasteiger partial charge in [0.1, 0.15) is 0 Å². The Morgan fingerprint density at radius 3 is 2.50 bits per heavy atom. The number of rotatable bonds is 10. The summed E-state index contributed by atoms with van der Waals surface area (Å²) in [4.78, 5) is 29.8. The zero-order valence-electron chi connectivity index (χ0n) is 24.7. The highest BCUT2D eigenvalue weighted by atomic mass is 32.2. The van der Waals surface area contributed by atoms with Crippen LogP contribution in [-0.2, 0) is 9.59 Å². The number of nitrogens with zero attached hydrogens (tertiary/aromatic N) is 5. The molecule has 216 valence electrons. The van der Waals surface area contributed by atoms with Crippen LogP contribution in [0.15, 0.2) is 52.2 Å². The summed E-state index contributed by atoms with van der Waals surface area (Å²) >= 11 is 1.59. The standard InChI is InChI=1S/C31H43N5O3S/c1-22-11-13-25(14-12-22)36-29(26-9-7-17-39-26)32-33-30(36)40-18-8-10-27(37)34-15-16-35(24(3)21-34)28(38)19-23(2)20-31(4,5)6/h7,9,11-14,17,23-24H,8,10,15-16,18-21H2,1-6H3. The predicted molar refractivity (Wildman–Crippen MR) is 159 cm³/mol. The van der Waals surface area contributed by atoms with Crippen LogP contribution in [0.2, 0.25) is 0 Å². The molecule has 40 heavy (non-hydrogen) atoms. The maximum absolute atomic E-state index is 13.0. The third-order valence-corrected chi connectivity index (χ3v) is 8.23. The fraction of sp³-hybridized carbons (Fsp3) is 0.548. The zero-order chi connectivity index (χ0) is 28.9. The maximum atomic E-state index is 13.0. The van der Waals surface area contributed by atoms with Crippen LogP contribution in [0.1, 0.15) is 65.9 Å². The predicted octanol–water partition coefficient (Wildman–Crippen LogP) is 6.23. The van der Waals surface area contributed by atoms with E-state index < -0.39 is 0 Å². The number of hydrogen-bond acceptors (Lipinski definition) is 6. The molecule has 0 spiro atoms. The largest absolute Gasteiger partial charge is 0.461 e. The van der Waals surface area contributed by atoms with Crippen molar-refractivity contribution in [3.8, 4) is 17.3 Å². The lowest BCUT2D eigenvalue weighted by molar-refractivity contribution is -0.143. The summed E-state index contributed by atoms with van der Waals surface area (Å²) in [6, 6.07) is 12.0. The normalized spacial score (nSPS) is 16.8. The van der Waals surface area contributed by atoms with Gasteiger partial charge in [0.2, 0.25) is 17.6 Å². The molecule has 2 aromatic heterocycles. The van der Waals surface area contributed by atoms with Crippen molar-refractivity contribution in [3.63, 3.8) is 0 Å². The van der Waals surface area contributed by atoms with E-state index in [1.54, 1.807) is 18.0 Å². The zero-order valence-corrected chi connectivity index (χ0v) is 25.5. The lowest BCUT2D eigenvalue weighted by Gasteiger charge is -2.40. The molecule has 1 saturated heterocycles. The Balaban J connectivity index is 1.28. The number of aromatic nitrogens is 3. The van der Waals surface area contributed by atoms with E-state index in [2.05, 4.69) is 76.0 Å². The molecule has 9 heteroatoms. The Bertz CT molecular complexity index is 1260. The van der Waals surface area contributed by atoms with Crippen molar-refractivity contribution in [2.75, 3.05) is 25.4 Å². The van der Waals surface area contributed by atoms with Crippen molar-refractivity contribution >= 4 is 23.6 Å². The number of carbonyl (C=O) groups excluding carboxylic acids is 2. The Morgan fingerprint density at radius 2 is 1.85 bits per heavy atom. The number of thioether (sulfide) groups is 1. The van der Waals surface area contributed by atoms with Crippen molar-refractivity contribution < 1.29 is 14.0 Å². The molecule has 1 fully saturated rings. The molecule has 0 radical (unpaired) electrons. The summed E-state index contributed by atoms with van der Waals surface area (Å²) in [5, 5.41) is 9.60. The Hall–Kier alpha value is -3.07. The van der Waals surface area contributed by atoms with E-state index in [-0.39, 0.29) is 23.3 Å². The molecule has 0 bridgehead atoms. The van der Waals surface area contributed by atoms with Gasteiger partial charge in [-0.25, -0.2) is 0 Å². The van der Waals surface area contributed by atoms with Crippen molar-refractivity contribution in [3.05, 3.63) is 48.2 Å². The van der Waals surface area contributed by atoms with Gasteiger partial charge in [0.15, 0.2) is 10.9 Å². The molecule has 8 nitrogen and oxygen atoms in total. The van der Waals surface area contributed by atoms with Gasteiger partial charge in [-0.3, -0.25) is 14.2 Å². The van der Waals surface area contributed by atoms with Gasteiger partial charge in [-0.2, -0.15) is 0 Å². The fourth-order valence-corrected chi connectivity index (χ4v) is 6.38. The third kappa shape index (κ3) is 7.77. The van der Waals surface area contributed by atoms with Gasteiger partial charge < -0.3 is 14.2 Å². The van der Waals surface area contributed by atoms with E-state index in [9.17, 15) is 9.59 Å². The first-order chi connectivity index (χ1) is 19.0. The van der Waals surface area contributed by atoms with Crippen LogP contribution < -0.4 is 0 Å². The molecule has 4 rings (SSSR count). The summed E-state index contributed by atoms with van der Waals surface area (Å²) in [5.74, 6) is 2.76. The quantitative estimate of drug-likeness (QED) is 0.214. The average molecular weight is 566 g/mol. The van der Waals surface area contributed by atoms with Crippen LogP contribution in [-0.4, -0.2) is 67.8 Å². The maximum Gasteiger partial charge on any atom is 0.223 e. The van der Waals surface area contributed by atoms with Crippen molar-refractivity contribution in [1.29, 1.82) is 0 Å². The smallest absolute Gasteiger partial charge is 0.223 e. The second kappa shape index (κ2) is 13.1. The summed E-state index contributed by atoms with van der Waals surface area (Å²) in [6.45, 7) is 14.7. The minimum atomic E-state index is 0.0366. The van der Waals surface area contributed by atoms with Gasteiger partial charge in [0.05, 0.1) is 6.26 Å². The van der Waals surface area contributed by atoms with Crippen LogP contribution in [0.3, 0.4) is 0 Å². The minimum Gasteiger partial charge on any atom is -0.461 e. The molecule has 2 unspecified atom stereocenters. The molecule has 0 N–H and O–H groups in total. The molecule has 3 aromatic rings. The van der Waals surface area contributed by atoms with E-state index in [0.29, 0.717) is 50.0 Å². The lowest BCUT2D eigenvalue weighted by Crippen LogP contribution is -2.55. The minimum absolute atomic E-state index is 0.0366. The SMILES string of the molecule is Cc1ccc(-n2c(SCCCC(=O)N3CCN(C(=O)CC(C)CC(C)(C)C)C(C)C3)nnc2-c2ccco2)cc1. The number of furan rings is 1. The topological polar surface area (TPSA) is 84.5 Å². The van der Waals surface area contributed by atoms with Crippen LogP contribution >= 0.6 is 11.8 Å². The Kier molecular flexibility index (Phi) is 9.77. The van der Waals surface area contributed by atoms with E-state index in [1.807, 2.05) is 26.5 Å². The molecule has 1 aliphatic heterocycles. The van der Waals surface area contributed by atoms with Crippen LogP contribution in [0.5, 0.6) is 0 Å². The van der Waals surface area contributed by atoms with Gasteiger partial charge in [-0.05, 0) is 62.3 Å². The molecule has 0 aliphatic carbocycles. The van der Waals surface area contributed by atoms with E-state index in [1.165, 1.54) is 5.56 Å². The highest BCUT2D eigenvalue weighted by molar-refractivity contribution is 7.99. The van der Waals surface area contributed by atoms with Gasteiger partial charge in [-0.15, -0.1) is 10.2 Å². The van der Waals surface area contributed by atoms with E-state index in [4.69, 9.17) is 4.42 Å². The van der Waals surface area contributed by atoms with Crippen LogP contribution in [0, 0.1) is 18.3 Å².